The second kappa shape index (κ2) is 6.15. The number of nitrogens with zero attached hydrogens (tertiary/aromatic N) is 3. The molecule has 1 aromatic rings. The van der Waals surface area contributed by atoms with Gasteiger partial charge in [0.15, 0.2) is 0 Å². The van der Waals surface area contributed by atoms with Crippen molar-refractivity contribution in [1.82, 2.24) is 9.78 Å². The number of hydrogen-bond acceptors (Lipinski definition) is 4. The summed E-state index contributed by atoms with van der Waals surface area (Å²) in [5.41, 5.74) is 0. The normalized spacial score (nSPS) is 28.7. The van der Waals surface area contributed by atoms with E-state index in [1.165, 1.54) is 0 Å². The summed E-state index contributed by atoms with van der Waals surface area (Å²) in [6.07, 6.45) is 4.92. The van der Waals surface area contributed by atoms with E-state index in [1.54, 1.807) is 6.20 Å². The minimum Gasteiger partial charge on any atom is -0.376 e. The van der Waals surface area contributed by atoms with Crippen molar-refractivity contribution in [2.75, 3.05) is 24.7 Å². The third-order valence-corrected chi connectivity index (χ3v) is 4.26. The molecule has 0 aliphatic carbocycles. The minimum absolute atomic E-state index is 0.00542. The summed E-state index contributed by atoms with van der Waals surface area (Å²) in [5, 5.41) is 4.31. The largest absolute Gasteiger partial charge is 0.376 e. The Labute approximate surface area is 125 Å². The van der Waals surface area contributed by atoms with Crippen LogP contribution in [0, 0.1) is 0 Å². The topological polar surface area (TPSA) is 56.6 Å². The number of anilines is 1. The fourth-order valence-corrected chi connectivity index (χ4v) is 3.26. The molecule has 0 radical (unpaired) electrons. The Kier molecular flexibility index (Phi) is 4.26. The van der Waals surface area contributed by atoms with Gasteiger partial charge in [0.1, 0.15) is 12.4 Å². The van der Waals surface area contributed by atoms with Gasteiger partial charge < -0.3 is 9.47 Å². The standard InChI is InChI=1S/C15H23N3O3/c1-11-8-12(2)18-14(5-6-16-18)17(11)15(19)10-20-9-13-4-3-7-21-13/h5-6,11-13H,3-4,7-10H2,1-2H3/t11-,12-,13-/m1/s1. The van der Waals surface area contributed by atoms with Crippen LogP contribution in [0.15, 0.2) is 12.3 Å². The van der Waals surface area contributed by atoms with Gasteiger partial charge in [-0.25, -0.2) is 4.68 Å². The minimum atomic E-state index is -0.00542. The molecule has 3 atom stereocenters. The lowest BCUT2D eigenvalue weighted by atomic mass is 10.1. The fraction of sp³-hybridized carbons (Fsp3) is 0.733. The van der Waals surface area contributed by atoms with Crippen molar-refractivity contribution in [3.8, 4) is 0 Å². The van der Waals surface area contributed by atoms with Gasteiger partial charge in [-0.15, -0.1) is 0 Å². The first-order valence-corrected chi connectivity index (χ1v) is 7.71. The SMILES string of the molecule is C[C@@H]1C[C@@H](C)n2nccc2N1C(=O)COC[C@H]1CCCO1. The number of aromatic nitrogens is 2. The van der Waals surface area contributed by atoms with E-state index in [0.717, 1.165) is 31.7 Å². The van der Waals surface area contributed by atoms with Crippen molar-refractivity contribution in [2.24, 2.45) is 0 Å². The lowest BCUT2D eigenvalue weighted by Gasteiger charge is -2.36. The molecule has 0 N–H and O–H groups in total. The van der Waals surface area contributed by atoms with Crippen LogP contribution < -0.4 is 4.90 Å². The summed E-state index contributed by atoms with van der Waals surface area (Å²) >= 11 is 0. The summed E-state index contributed by atoms with van der Waals surface area (Å²) in [6, 6.07) is 2.38. The van der Waals surface area contributed by atoms with Crippen LogP contribution in [0.1, 0.15) is 39.2 Å². The molecule has 6 heteroatoms. The molecular formula is C15H23N3O3. The zero-order chi connectivity index (χ0) is 14.8. The first-order valence-electron chi connectivity index (χ1n) is 7.71. The molecule has 0 unspecified atom stereocenters. The Balaban J connectivity index is 1.60. The molecule has 0 saturated carbocycles. The van der Waals surface area contributed by atoms with Crippen LogP contribution >= 0.6 is 0 Å². The van der Waals surface area contributed by atoms with Gasteiger partial charge in [0, 0.05) is 18.7 Å². The Morgan fingerprint density at radius 1 is 1.48 bits per heavy atom. The number of rotatable bonds is 4. The van der Waals surface area contributed by atoms with Gasteiger partial charge in [0.2, 0.25) is 0 Å². The smallest absolute Gasteiger partial charge is 0.254 e. The summed E-state index contributed by atoms with van der Waals surface area (Å²) in [6.45, 7) is 5.61. The van der Waals surface area contributed by atoms with Crippen LogP contribution in [0.4, 0.5) is 5.82 Å². The van der Waals surface area contributed by atoms with Crippen LogP contribution in [-0.2, 0) is 14.3 Å². The highest BCUT2D eigenvalue weighted by Gasteiger charge is 2.32. The highest BCUT2D eigenvalue weighted by atomic mass is 16.5. The lowest BCUT2D eigenvalue weighted by molar-refractivity contribution is -0.125. The van der Waals surface area contributed by atoms with Gasteiger partial charge >= 0.3 is 0 Å². The third kappa shape index (κ3) is 2.96. The number of carbonyl (C=O) groups excluding carboxylic acids is 1. The Hall–Kier alpha value is -1.40. The molecule has 2 aliphatic heterocycles. The van der Waals surface area contributed by atoms with Crippen molar-refractivity contribution in [2.45, 2.75) is 51.3 Å². The van der Waals surface area contributed by atoms with Crippen molar-refractivity contribution >= 4 is 11.7 Å². The van der Waals surface area contributed by atoms with Gasteiger partial charge in [0.05, 0.1) is 24.9 Å². The average molecular weight is 293 g/mol. The van der Waals surface area contributed by atoms with E-state index in [4.69, 9.17) is 9.47 Å². The van der Waals surface area contributed by atoms with E-state index in [0.29, 0.717) is 12.6 Å². The molecule has 1 aromatic heterocycles. The van der Waals surface area contributed by atoms with E-state index in [9.17, 15) is 4.79 Å². The number of fused-ring (bicyclic) bond motifs is 1. The molecule has 0 spiro atoms. The number of hydrogen-bond donors (Lipinski definition) is 0. The van der Waals surface area contributed by atoms with Gasteiger partial charge in [-0.1, -0.05) is 0 Å². The molecule has 1 fully saturated rings. The molecule has 1 amide bonds. The maximum Gasteiger partial charge on any atom is 0.254 e. The van der Waals surface area contributed by atoms with Gasteiger partial charge in [0.25, 0.3) is 5.91 Å². The van der Waals surface area contributed by atoms with Gasteiger partial charge in [-0.2, -0.15) is 5.10 Å². The monoisotopic (exact) mass is 293 g/mol. The molecule has 6 nitrogen and oxygen atoms in total. The molecule has 0 aromatic carbocycles. The Morgan fingerprint density at radius 2 is 2.33 bits per heavy atom. The van der Waals surface area contributed by atoms with E-state index in [-0.39, 0.29) is 24.7 Å². The second-order valence-corrected chi connectivity index (χ2v) is 5.98. The van der Waals surface area contributed by atoms with E-state index >= 15 is 0 Å². The van der Waals surface area contributed by atoms with Crippen molar-refractivity contribution < 1.29 is 14.3 Å². The first-order chi connectivity index (χ1) is 10.2. The predicted octanol–water partition coefficient (Wildman–Crippen LogP) is 1.76. The van der Waals surface area contributed by atoms with Crippen molar-refractivity contribution in [3.63, 3.8) is 0 Å². The zero-order valence-corrected chi connectivity index (χ0v) is 12.7. The van der Waals surface area contributed by atoms with E-state index in [1.807, 2.05) is 15.6 Å². The van der Waals surface area contributed by atoms with Crippen molar-refractivity contribution in [3.05, 3.63) is 12.3 Å². The number of amides is 1. The Morgan fingerprint density at radius 3 is 3.10 bits per heavy atom. The lowest BCUT2D eigenvalue weighted by Crippen LogP contribution is -2.46. The highest BCUT2D eigenvalue weighted by Crippen LogP contribution is 2.31. The van der Waals surface area contributed by atoms with Crippen LogP contribution in [0.25, 0.3) is 0 Å². The second-order valence-electron chi connectivity index (χ2n) is 5.98. The summed E-state index contributed by atoms with van der Waals surface area (Å²) < 4.78 is 13.0. The summed E-state index contributed by atoms with van der Waals surface area (Å²) in [5.74, 6) is 0.862. The van der Waals surface area contributed by atoms with Gasteiger partial charge in [-0.3, -0.25) is 9.69 Å². The molecule has 116 valence electrons. The predicted molar refractivity (Wildman–Crippen MR) is 78.3 cm³/mol. The van der Waals surface area contributed by atoms with Crippen LogP contribution in [0.3, 0.4) is 0 Å². The number of ether oxygens (including phenoxy) is 2. The summed E-state index contributed by atoms with van der Waals surface area (Å²) in [7, 11) is 0. The van der Waals surface area contributed by atoms with Crippen LogP contribution in [-0.4, -0.2) is 47.7 Å². The zero-order valence-electron chi connectivity index (χ0n) is 12.7. The maximum atomic E-state index is 12.5. The summed E-state index contributed by atoms with van der Waals surface area (Å²) in [4.78, 5) is 14.3. The quantitative estimate of drug-likeness (QED) is 0.849. The van der Waals surface area contributed by atoms with E-state index in [2.05, 4.69) is 18.9 Å². The highest BCUT2D eigenvalue weighted by molar-refractivity contribution is 5.94. The molecule has 1 saturated heterocycles. The molecule has 21 heavy (non-hydrogen) atoms. The molecule has 3 heterocycles. The first kappa shape index (κ1) is 14.5. The van der Waals surface area contributed by atoms with E-state index < -0.39 is 0 Å². The third-order valence-electron chi connectivity index (χ3n) is 4.26. The average Bonchev–Trinajstić information content (AvgIpc) is 3.09. The molecule has 3 rings (SSSR count). The van der Waals surface area contributed by atoms with Crippen molar-refractivity contribution in [1.29, 1.82) is 0 Å². The maximum absolute atomic E-state index is 12.5. The van der Waals surface area contributed by atoms with Gasteiger partial charge in [-0.05, 0) is 33.1 Å². The molecular weight excluding hydrogens is 270 g/mol. The van der Waals surface area contributed by atoms with Crippen LogP contribution in [0.2, 0.25) is 0 Å². The number of carbonyl (C=O) groups is 1. The molecule has 2 aliphatic rings. The molecule has 0 bridgehead atoms. The fourth-order valence-electron chi connectivity index (χ4n) is 3.26. The van der Waals surface area contributed by atoms with Crippen LogP contribution in [0.5, 0.6) is 0 Å². The Bertz CT molecular complexity index is 496.